The van der Waals surface area contributed by atoms with Crippen molar-refractivity contribution in [2.75, 3.05) is 29.6 Å². The number of carbonyl (C=O) groups is 2. The molecule has 1 aliphatic rings. The van der Waals surface area contributed by atoms with E-state index < -0.39 is 28.5 Å². The molecule has 1 amide bonds. The monoisotopic (exact) mass is 418 g/mol. The number of rotatable bonds is 6. The van der Waals surface area contributed by atoms with Gasteiger partial charge in [0, 0.05) is 6.04 Å². The summed E-state index contributed by atoms with van der Waals surface area (Å²) in [6, 6.07) is 11.4. The lowest BCUT2D eigenvalue weighted by molar-refractivity contribution is -0.119. The normalized spacial score (nSPS) is 15.6. The molecular weight excluding hydrogens is 396 g/mol. The molecule has 29 heavy (non-hydrogen) atoms. The quantitative estimate of drug-likeness (QED) is 0.722. The summed E-state index contributed by atoms with van der Waals surface area (Å²) in [4.78, 5) is 24.4. The van der Waals surface area contributed by atoms with Crippen molar-refractivity contribution in [2.24, 2.45) is 0 Å². The standard InChI is InChI=1S/C20H22N2O6S/c1-13-10-15-11-14(8-9-17(15)22(13)29(3,25)26)20(24)28-12-19(23)21-16-6-4-5-7-18(16)27-2/h4-9,11,13H,10,12H2,1-3H3,(H,21,23)/t13-/m1/s1. The smallest absolute Gasteiger partial charge is 0.338 e. The van der Waals surface area contributed by atoms with E-state index >= 15 is 0 Å². The van der Waals surface area contributed by atoms with Gasteiger partial charge in [-0.25, -0.2) is 13.2 Å². The molecular formula is C20H22N2O6S. The summed E-state index contributed by atoms with van der Waals surface area (Å²) < 4.78 is 35.6. The molecule has 0 bridgehead atoms. The Morgan fingerprint density at radius 2 is 1.93 bits per heavy atom. The van der Waals surface area contributed by atoms with Gasteiger partial charge in [0.2, 0.25) is 10.0 Å². The van der Waals surface area contributed by atoms with Gasteiger partial charge in [0.25, 0.3) is 5.91 Å². The molecule has 0 radical (unpaired) electrons. The number of fused-ring (bicyclic) bond motifs is 1. The van der Waals surface area contributed by atoms with Crippen LogP contribution in [0.5, 0.6) is 5.75 Å². The lowest BCUT2D eigenvalue weighted by Crippen LogP contribution is -2.34. The third kappa shape index (κ3) is 4.51. The second-order valence-electron chi connectivity index (χ2n) is 6.78. The first-order valence-electron chi connectivity index (χ1n) is 8.93. The van der Waals surface area contributed by atoms with Gasteiger partial charge in [-0.1, -0.05) is 12.1 Å². The molecule has 0 aromatic heterocycles. The molecule has 3 rings (SSSR count). The molecule has 0 saturated carbocycles. The molecule has 1 heterocycles. The zero-order chi connectivity index (χ0) is 21.2. The fourth-order valence-corrected chi connectivity index (χ4v) is 4.65. The summed E-state index contributed by atoms with van der Waals surface area (Å²) in [6.07, 6.45) is 1.65. The minimum atomic E-state index is -3.40. The average Bonchev–Trinajstić information content (AvgIpc) is 3.01. The van der Waals surface area contributed by atoms with E-state index in [0.29, 0.717) is 23.5 Å². The van der Waals surface area contributed by atoms with E-state index in [1.807, 2.05) is 0 Å². The molecule has 1 N–H and O–H groups in total. The van der Waals surface area contributed by atoms with Gasteiger partial charge in [0.15, 0.2) is 6.61 Å². The molecule has 2 aromatic carbocycles. The van der Waals surface area contributed by atoms with Crippen molar-refractivity contribution in [1.29, 1.82) is 0 Å². The van der Waals surface area contributed by atoms with E-state index in [0.717, 1.165) is 11.8 Å². The molecule has 0 spiro atoms. The van der Waals surface area contributed by atoms with Crippen LogP contribution in [-0.2, 0) is 26.0 Å². The van der Waals surface area contributed by atoms with E-state index in [4.69, 9.17) is 9.47 Å². The van der Waals surface area contributed by atoms with Gasteiger partial charge in [-0.3, -0.25) is 9.10 Å². The minimum Gasteiger partial charge on any atom is -0.495 e. The highest BCUT2D eigenvalue weighted by Gasteiger charge is 2.32. The third-order valence-corrected chi connectivity index (χ3v) is 5.81. The third-order valence-electron chi connectivity index (χ3n) is 4.54. The van der Waals surface area contributed by atoms with Crippen molar-refractivity contribution in [3.8, 4) is 5.75 Å². The van der Waals surface area contributed by atoms with Crippen molar-refractivity contribution in [1.82, 2.24) is 0 Å². The van der Waals surface area contributed by atoms with Crippen LogP contribution >= 0.6 is 0 Å². The number of methoxy groups -OCH3 is 1. The number of carbonyl (C=O) groups excluding carboxylic acids is 2. The van der Waals surface area contributed by atoms with Gasteiger partial charge in [-0.15, -0.1) is 0 Å². The number of nitrogens with zero attached hydrogens (tertiary/aromatic N) is 1. The molecule has 1 atom stereocenters. The first-order valence-corrected chi connectivity index (χ1v) is 10.8. The summed E-state index contributed by atoms with van der Waals surface area (Å²) in [5.74, 6) is -0.662. The number of hydrogen-bond acceptors (Lipinski definition) is 6. The lowest BCUT2D eigenvalue weighted by atomic mass is 10.1. The Labute approximate surface area is 169 Å². The van der Waals surface area contributed by atoms with Gasteiger partial charge in [0.1, 0.15) is 5.75 Å². The van der Waals surface area contributed by atoms with Gasteiger partial charge in [0.05, 0.1) is 30.3 Å². The number of esters is 1. The zero-order valence-corrected chi connectivity index (χ0v) is 17.2. The average molecular weight is 418 g/mol. The molecule has 0 unspecified atom stereocenters. The number of sulfonamides is 1. The first kappa shape index (κ1) is 20.7. The molecule has 9 heteroatoms. The van der Waals surface area contributed by atoms with Crippen LogP contribution in [0, 0.1) is 0 Å². The van der Waals surface area contributed by atoms with Crippen LogP contribution in [0.1, 0.15) is 22.8 Å². The second kappa shape index (κ2) is 8.12. The summed E-state index contributed by atoms with van der Waals surface area (Å²) >= 11 is 0. The SMILES string of the molecule is COc1ccccc1NC(=O)COC(=O)c1ccc2c(c1)C[C@@H](C)N2S(C)(=O)=O. The van der Waals surface area contributed by atoms with Gasteiger partial charge >= 0.3 is 5.97 Å². The molecule has 1 aliphatic heterocycles. The summed E-state index contributed by atoms with van der Waals surface area (Å²) in [5.41, 5.74) is 2.04. The molecule has 8 nitrogen and oxygen atoms in total. The highest BCUT2D eigenvalue weighted by Crippen LogP contribution is 2.34. The predicted octanol–water partition coefficient (Wildman–Crippen LogP) is 2.20. The topological polar surface area (TPSA) is 102 Å². The van der Waals surface area contributed by atoms with E-state index in [1.165, 1.54) is 17.5 Å². The molecule has 2 aromatic rings. The van der Waals surface area contributed by atoms with Crippen molar-refractivity contribution in [3.63, 3.8) is 0 Å². The Kier molecular flexibility index (Phi) is 5.78. The Morgan fingerprint density at radius 3 is 2.62 bits per heavy atom. The Balaban J connectivity index is 1.65. The zero-order valence-electron chi connectivity index (χ0n) is 16.3. The Morgan fingerprint density at radius 1 is 1.21 bits per heavy atom. The van der Waals surface area contributed by atoms with Crippen molar-refractivity contribution in [2.45, 2.75) is 19.4 Å². The fraction of sp³-hybridized carbons (Fsp3) is 0.300. The molecule has 0 aliphatic carbocycles. The number of benzene rings is 2. The minimum absolute atomic E-state index is 0.224. The van der Waals surface area contributed by atoms with E-state index in [1.54, 1.807) is 43.3 Å². The number of nitrogens with one attached hydrogen (secondary N) is 1. The number of hydrogen-bond donors (Lipinski definition) is 1. The van der Waals surface area contributed by atoms with Crippen LogP contribution in [0.15, 0.2) is 42.5 Å². The summed E-state index contributed by atoms with van der Waals surface area (Å²) in [7, 11) is -1.91. The van der Waals surface area contributed by atoms with Crippen molar-refractivity contribution < 1.29 is 27.5 Å². The van der Waals surface area contributed by atoms with Gasteiger partial charge < -0.3 is 14.8 Å². The van der Waals surface area contributed by atoms with Crippen LogP contribution in [0.25, 0.3) is 0 Å². The lowest BCUT2D eigenvalue weighted by Gasteiger charge is -2.21. The van der Waals surface area contributed by atoms with Crippen LogP contribution in [-0.4, -0.2) is 46.3 Å². The van der Waals surface area contributed by atoms with Crippen LogP contribution in [0.4, 0.5) is 11.4 Å². The number of amides is 1. The van der Waals surface area contributed by atoms with Crippen molar-refractivity contribution >= 4 is 33.3 Å². The highest BCUT2D eigenvalue weighted by atomic mass is 32.2. The van der Waals surface area contributed by atoms with Gasteiger partial charge in [-0.2, -0.15) is 0 Å². The van der Waals surface area contributed by atoms with E-state index in [-0.39, 0.29) is 11.6 Å². The highest BCUT2D eigenvalue weighted by molar-refractivity contribution is 7.92. The number of ether oxygens (including phenoxy) is 2. The maximum Gasteiger partial charge on any atom is 0.338 e. The first-order chi connectivity index (χ1) is 13.7. The summed E-state index contributed by atoms with van der Waals surface area (Å²) in [6.45, 7) is 1.35. The van der Waals surface area contributed by atoms with Crippen LogP contribution < -0.4 is 14.4 Å². The maximum absolute atomic E-state index is 12.3. The summed E-state index contributed by atoms with van der Waals surface area (Å²) in [5, 5.41) is 2.62. The predicted molar refractivity (Wildman–Crippen MR) is 109 cm³/mol. The van der Waals surface area contributed by atoms with E-state index in [9.17, 15) is 18.0 Å². The van der Waals surface area contributed by atoms with Crippen molar-refractivity contribution in [3.05, 3.63) is 53.6 Å². The van der Waals surface area contributed by atoms with E-state index in [2.05, 4.69) is 5.32 Å². The largest absolute Gasteiger partial charge is 0.495 e. The Hall–Kier alpha value is -3.07. The van der Waals surface area contributed by atoms with Crippen LogP contribution in [0.2, 0.25) is 0 Å². The number of anilines is 2. The van der Waals surface area contributed by atoms with Crippen LogP contribution in [0.3, 0.4) is 0 Å². The van der Waals surface area contributed by atoms with Gasteiger partial charge in [-0.05, 0) is 49.2 Å². The molecule has 0 saturated heterocycles. The fourth-order valence-electron chi connectivity index (χ4n) is 3.38. The second-order valence-corrected chi connectivity index (χ2v) is 8.64. The molecule has 0 fully saturated rings. The maximum atomic E-state index is 12.3. The molecule has 154 valence electrons. The Bertz CT molecular complexity index is 1050. The number of para-hydroxylation sites is 2.